The minimum atomic E-state index is -1.39. The Hall–Kier alpha value is -4.31. The number of hydrogen-bond donors (Lipinski definition) is 0. The topological polar surface area (TPSA) is 4.93 Å². The van der Waals surface area contributed by atoms with Gasteiger partial charge >= 0.3 is 0 Å². The lowest BCUT2D eigenvalue weighted by molar-refractivity contribution is 0.690. The van der Waals surface area contributed by atoms with Gasteiger partial charge in [0.15, 0.2) is 0 Å². The van der Waals surface area contributed by atoms with Gasteiger partial charge in [-0.3, -0.25) is 0 Å². The van der Waals surface area contributed by atoms with Crippen LogP contribution in [0.5, 0.6) is 0 Å². The highest BCUT2D eigenvalue weighted by molar-refractivity contribution is 7.99. The lowest BCUT2D eigenvalue weighted by atomic mass is 9.62. The molecule has 1 atom stereocenters. The molecule has 1 aromatic heterocycles. The lowest BCUT2D eigenvalue weighted by Gasteiger charge is -2.45. The van der Waals surface area contributed by atoms with Gasteiger partial charge in [-0.1, -0.05) is 152 Å². The maximum atomic E-state index is 2.52. The van der Waals surface area contributed by atoms with Gasteiger partial charge in [0.2, 0.25) is 0 Å². The highest BCUT2D eigenvalue weighted by Gasteiger charge is 2.49. The summed E-state index contributed by atoms with van der Waals surface area (Å²) < 4.78 is 2.52. The second-order valence-corrected chi connectivity index (χ2v) is 19.1. The molecule has 2 aliphatic heterocycles. The first-order valence-electron chi connectivity index (χ1n) is 15.1. The van der Waals surface area contributed by atoms with Crippen LogP contribution in [0.1, 0.15) is 22.3 Å². The Morgan fingerprint density at radius 2 is 1.21 bits per heavy atom. The van der Waals surface area contributed by atoms with E-state index in [0.717, 1.165) is 0 Å². The van der Waals surface area contributed by atoms with Crippen molar-refractivity contribution in [2.45, 2.75) is 34.8 Å². The number of hydrogen-bond acceptors (Lipinski definition) is 1. The van der Waals surface area contributed by atoms with Gasteiger partial charge in [0.1, 0.15) is 0 Å². The van der Waals surface area contributed by atoms with Crippen LogP contribution in [0.3, 0.4) is 0 Å². The molecule has 1 spiro atoms. The number of rotatable bonds is 2. The van der Waals surface area contributed by atoms with E-state index in [-0.39, 0.29) is 0 Å². The molecule has 0 radical (unpaired) electrons. The van der Waals surface area contributed by atoms with Gasteiger partial charge in [0.25, 0.3) is 0 Å². The Bertz CT molecular complexity index is 2250. The molecule has 0 N–H and O–H groups in total. The molecule has 3 heterocycles. The van der Waals surface area contributed by atoms with Gasteiger partial charge in [-0.05, 0) is 51.6 Å². The molecule has 1 nitrogen and oxygen atoms in total. The maximum Gasteiger partial charge on any atom is 0.0775 e. The standard InChI is InChI=1S/C40H31NSSi/c1-43(2,3)27-24-22-26(23-25-27)28-13-10-18-34-39(28)42-37-21-9-6-16-32(37)40(34)31-15-5-8-20-36(31)41-35-19-7-4-12-29(35)30-14-11-17-33(40)38(30)41/h4-25H,1-3H3. The molecular weight excluding hydrogens is 555 g/mol. The lowest BCUT2D eigenvalue weighted by Crippen LogP contribution is -2.38. The van der Waals surface area contributed by atoms with E-state index in [0.29, 0.717) is 0 Å². The average molecular weight is 586 g/mol. The summed E-state index contributed by atoms with van der Waals surface area (Å²) >= 11 is 1.93. The zero-order valence-electron chi connectivity index (χ0n) is 24.6. The summed E-state index contributed by atoms with van der Waals surface area (Å²) in [6.07, 6.45) is 0. The second kappa shape index (κ2) is 8.85. The Balaban J connectivity index is 1.44. The van der Waals surface area contributed by atoms with Crippen LogP contribution in [0.25, 0.3) is 38.6 Å². The smallest absolute Gasteiger partial charge is 0.0775 e. The number of aromatic nitrogens is 1. The minimum Gasteiger partial charge on any atom is -0.309 e. The van der Waals surface area contributed by atoms with Crippen LogP contribution in [-0.2, 0) is 5.41 Å². The van der Waals surface area contributed by atoms with E-state index in [1.165, 1.54) is 75.9 Å². The van der Waals surface area contributed by atoms with Crippen LogP contribution in [0.15, 0.2) is 143 Å². The van der Waals surface area contributed by atoms with Gasteiger partial charge in [-0.2, -0.15) is 0 Å². The van der Waals surface area contributed by atoms with Crippen molar-refractivity contribution >= 4 is 46.8 Å². The molecule has 6 aromatic carbocycles. The molecule has 2 aliphatic rings. The third kappa shape index (κ3) is 3.30. The molecule has 0 amide bonds. The van der Waals surface area contributed by atoms with Crippen molar-refractivity contribution < 1.29 is 0 Å². The quantitative estimate of drug-likeness (QED) is 0.183. The number of fused-ring (bicyclic) bond motifs is 11. The SMILES string of the molecule is C[Si](C)(C)c1ccc(-c2cccc3c2Sc2ccccc2C32c3ccccc3-n3c4ccccc4c4cccc2c43)cc1. The Kier molecular flexibility index (Phi) is 5.19. The van der Waals surface area contributed by atoms with Crippen molar-refractivity contribution in [3.05, 3.63) is 156 Å². The normalized spacial score (nSPS) is 16.7. The predicted molar refractivity (Wildman–Crippen MR) is 185 cm³/mol. The van der Waals surface area contributed by atoms with Gasteiger partial charge in [-0.25, -0.2) is 0 Å². The van der Waals surface area contributed by atoms with Gasteiger partial charge in [-0.15, -0.1) is 0 Å². The maximum absolute atomic E-state index is 2.52. The first-order chi connectivity index (χ1) is 21.0. The molecule has 206 valence electrons. The van der Waals surface area contributed by atoms with Crippen molar-refractivity contribution in [3.8, 4) is 16.8 Å². The number of para-hydroxylation sites is 3. The van der Waals surface area contributed by atoms with Crippen molar-refractivity contribution in [2.24, 2.45) is 0 Å². The molecular formula is C40H31NSSi. The van der Waals surface area contributed by atoms with Gasteiger partial charge in [0.05, 0.1) is 30.2 Å². The zero-order valence-corrected chi connectivity index (χ0v) is 26.4. The van der Waals surface area contributed by atoms with E-state index < -0.39 is 13.5 Å². The summed E-state index contributed by atoms with van der Waals surface area (Å²) in [6, 6.07) is 50.5. The Morgan fingerprint density at radius 3 is 2.05 bits per heavy atom. The first kappa shape index (κ1) is 25.2. The van der Waals surface area contributed by atoms with E-state index in [1.54, 1.807) is 0 Å². The fourth-order valence-electron chi connectivity index (χ4n) is 7.72. The first-order valence-corrected chi connectivity index (χ1v) is 19.4. The van der Waals surface area contributed by atoms with Crippen molar-refractivity contribution in [2.75, 3.05) is 0 Å². The molecule has 1 unspecified atom stereocenters. The minimum absolute atomic E-state index is 0.439. The molecule has 9 rings (SSSR count). The van der Waals surface area contributed by atoms with Crippen molar-refractivity contribution in [1.82, 2.24) is 4.57 Å². The fourth-order valence-corrected chi connectivity index (χ4v) is 10.2. The van der Waals surface area contributed by atoms with Crippen LogP contribution >= 0.6 is 11.8 Å². The summed E-state index contributed by atoms with van der Waals surface area (Å²) in [4.78, 5) is 2.69. The van der Waals surface area contributed by atoms with Gasteiger partial charge in [0, 0.05) is 20.6 Å². The highest BCUT2D eigenvalue weighted by Crippen LogP contribution is 2.61. The summed E-state index contributed by atoms with van der Waals surface area (Å²) in [7, 11) is -1.39. The summed E-state index contributed by atoms with van der Waals surface area (Å²) in [5.41, 5.74) is 11.5. The fraction of sp³-hybridized carbons (Fsp3) is 0.100. The number of nitrogens with zero attached hydrogens (tertiary/aromatic N) is 1. The van der Waals surface area contributed by atoms with Crippen LogP contribution in [-0.4, -0.2) is 12.6 Å². The molecule has 0 saturated carbocycles. The predicted octanol–water partition coefficient (Wildman–Crippen LogP) is 10.2. The molecule has 43 heavy (non-hydrogen) atoms. The second-order valence-electron chi connectivity index (χ2n) is 12.9. The van der Waals surface area contributed by atoms with Crippen LogP contribution in [0, 0.1) is 0 Å². The molecule has 3 heteroatoms. The highest BCUT2D eigenvalue weighted by atomic mass is 32.2. The zero-order chi connectivity index (χ0) is 28.9. The third-order valence-corrected chi connectivity index (χ3v) is 12.9. The van der Waals surface area contributed by atoms with Gasteiger partial charge < -0.3 is 4.57 Å². The summed E-state index contributed by atoms with van der Waals surface area (Å²) in [6.45, 7) is 7.26. The molecule has 0 aliphatic carbocycles. The largest absolute Gasteiger partial charge is 0.309 e. The number of benzene rings is 6. The van der Waals surface area contributed by atoms with E-state index >= 15 is 0 Å². The summed E-state index contributed by atoms with van der Waals surface area (Å²) in [5.74, 6) is 0. The average Bonchev–Trinajstić information content (AvgIpc) is 3.38. The van der Waals surface area contributed by atoms with Crippen molar-refractivity contribution in [1.29, 1.82) is 0 Å². The van der Waals surface area contributed by atoms with E-state index in [1.807, 2.05) is 11.8 Å². The monoisotopic (exact) mass is 585 g/mol. The third-order valence-electron chi connectivity index (χ3n) is 9.63. The molecule has 7 aromatic rings. The van der Waals surface area contributed by atoms with Crippen LogP contribution < -0.4 is 5.19 Å². The Morgan fingerprint density at radius 1 is 0.558 bits per heavy atom. The molecule has 0 saturated heterocycles. The van der Waals surface area contributed by atoms with Crippen molar-refractivity contribution in [3.63, 3.8) is 0 Å². The van der Waals surface area contributed by atoms with E-state index in [9.17, 15) is 0 Å². The molecule has 0 fully saturated rings. The van der Waals surface area contributed by atoms with E-state index in [4.69, 9.17) is 0 Å². The summed E-state index contributed by atoms with van der Waals surface area (Å²) in [5, 5.41) is 4.12. The van der Waals surface area contributed by atoms with Crippen LogP contribution in [0.4, 0.5) is 0 Å². The molecule has 0 bridgehead atoms. The van der Waals surface area contributed by atoms with E-state index in [2.05, 4.69) is 158 Å². The Labute approximate surface area is 257 Å². The van der Waals surface area contributed by atoms with Crippen LogP contribution in [0.2, 0.25) is 19.6 Å².